The van der Waals surface area contributed by atoms with Gasteiger partial charge in [0.1, 0.15) is 0 Å². The molecule has 68 valence electrons. The van der Waals surface area contributed by atoms with Crippen molar-refractivity contribution >= 4 is 11.2 Å². The summed E-state index contributed by atoms with van der Waals surface area (Å²) in [6, 6.07) is -0.577. The summed E-state index contributed by atoms with van der Waals surface area (Å²) in [6.07, 6.45) is 0. The van der Waals surface area contributed by atoms with Crippen molar-refractivity contribution in [3.05, 3.63) is 11.0 Å². The van der Waals surface area contributed by atoms with E-state index in [1.54, 1.807) is 0 Å². The monoisotopic (exact) mass is 182 g/mol. The molecule has 0 spiro atoms. The number of H-pyrrole nitrogens is 1. The molecule has 0 amide bonds. The smallest absolute Gasteiger partial charge is 0.321 e. The zero-order valence-electron chi connectivity index (χ0n) is 6.64. The van der Waals surface area contributed by atoms with Crippen LogP contribution in [-0.2, 0) is 0 Å². The van der Waals surface area contributed by atoms with Gasteiger partial charge in [-0.15, -0.1) is 0 Å². The van der Waals surface area contributed by atoms with Gasteiger partial charge in [-0.3, -0.25) is 0 Å². The molecule has 0 saturated heterocycles. The molecular weight excluding hydrogens is 176 g/mol. The van der Waals surface area contributed by atoms with Crippen molar-refractivity contribution in [2.45, 2.75) is 6.92 Å². The van der Waals surface area contributed by atoms with E-state index < -0.39 is 11.9 Å². The first kappa shape index (κ1) is 7.59. The Morgan fingerprint density at radius 2 is 2.08 bits per heavy atom. The molecule has 0 radical (unpaired) electrons. The third kappa shape index (κ3) is 0.934. The van der Waals surface area contributed by atoms with Crippen LogP contribution in [0, 0.1) is 12.1 Å². The Morgan fingerprint density at radius 3 is 2.77 bits per heavy atom. The van der Waals surface area contributed by atoms with E-state index in [1.807, 2.05) is 0 Å². The molecule has 0 atom stereocenters. The van der Waals surface area contributed by atoms with Crippen LogP contribution in [0.3, 0.4) is 0 Å². The highest BCUT2D eigenvalue weighted by Gasteiger charge is 2.17. The minimum absolute atomic E-state index is 0.0738. The Hall–Kier alpha value is -2.05. The van der Waals surface area contributed by atoms with E-state index in [0.29, 0.717) is 4.73 Å². The van der Waals surface area contributed by atoms with Gasteiger partial charge in [0.15, 0.2) is 0 Å². The van der Waals surface area contributed by atoms with Gasteiger partial charge in [-0.2, -0.15) is 9.97 Å². The van der Waals surface area contributed by atoms with Gasteiger partial charge in [0, 0.05) is 6.92 Å². The molecule has 0 bridgehead atoms. The Balaban J connectivity index is 2.94. The van der Waals surface area contributed by atoms with Crippen molar-refractivity contribution in [2.75, 3.05) is 0 Å². The van der Waals surface area contributed by atoms with Crippen molar-refractivity contribution in [3.8, 4) is 11.9 Å². The van der Waals surface area contributed by atoms with Crippen LogP contribution in [0.5, 0.6) is 11.9 Å². The molecule has 2 aromatic rings. The van der Waals surface area contributed by atoms with E-state index in [9.17, 15) is 10.3 Å². The number of aromatic amines is 1. The highest BCUT2D eigenvalue weighted by Crippen LogP contribution is 2.18. The number of aromatic hydroxyl groups is 2. The second kappa shape index (κ2) is 2.22. The van der Waals surface area contributed by atoms with Gasteiger partial charge >= 0.3 is 6.01 Å². The Morgan fingerprint density at radius 1 is 1.38 bits per heavy atom. The Kier molecular flexibility index (Phi) is 1.30. The van der Waals surface area contributed by atoms with Crippen molar-refractivity contribution in [3.63, 3.8) is 0 Å². The summed E-state index contributed by atoms with van der Waals surface area (Å²) < 4.78 is 0.462. The van der Waals surface area contributed by atoms with Gasteiger partial charge in [0.05, 0.1) is 0 Å². The van der Waals surface area contributed by atoms with Crippen LogP contribution in [-0.4, -0.2) is 25.2 Å². The number of aromatic nitrogens is 4. The number of nitrogens with one attached hydrogen (secondary N) is 1. The van der Waals surface area contributed by atoms with Gasteiger partial charge in [0.2, 0.25) is 0 Å². The molecule has 0 fully saturated rings. The molecule has 0 saturated carbocycles. The molecule has 0 aliphatic heterocycles. The predicted octanol–water partition coefficient (Wildman–Crippen LogP) is -0.689. The maximum Gasteiger partial charge on any atom is 0.321 e. The highest BCUT2D eigenvalue weighted by atomic mass is 16.5. The molecule has 13 heavy (non-hydrogen) atoms. The van der Waals surface area contributed by atoms with Crippen molar-refractivity contribution < 1.29 is 14.9 Å². The molecule has 0 unspecified atom stereocenters. The number of aryl methyl sites for hydroxylation is 1. The lowest BCUT2D eigenvalue weighted by molar-refractivity contribution is -0.584. The van der Waals surface area contributed by atoms with Crippen LogP contribution in [0.25, 0.3) is 11.2 Å². The minimum atomic E-state index is -0.577. The molecular formula is C6H6N4O3. The summed E-state index contributed by atoms with van der Waals surface area (Å²) in [5, 5.41) is 29.3. The number of hydrogen-bond acceptors (Lipinski definition) is 5. The van der Waals surface area contributed by atoms with Gasteiger partial charge in [-0.1, -0.05) is 0 Å². The lowest BCUT2D eigenvalue weighted by atomic mass is 10.5. The first-order chi connectivity index (χ1) is 6.09. The summed E-state index contributed by atoms with van der Waals surface area (Å²) in [4.78, 5) is 9.35. The zero-order valence-corrected chi connectivity index (χ0v) is 6.64. The molecule has 3 N–H and O–H groups in total. The van der Waals surface area contributed by atoms with E-state index in [1.165, 1.54) is 6.92 Å². The number of nitrogens with zero attached hydrogens (tertiary/aromatic N) is 3. The third-order valence-electron chi connectivity index (χ3n) is 1.66. The number of fused-ring (bicyclic) bond motifs is 1. The van der Waals surface area contributed by atoms with E-state index in [-0.39, 0.29) is 17.0 Å². The second-order valence-electron chi connectivity index (χ2n) is 2.55. The quantitative estimate of drug-likeness (QED) is 0.369. The maximum atomic E-state index is 11.2. The first-order valence-electron chi connectivity index (χ1n) is 3.47. The Bertz CT molecular complexity index is 478. The standard InChI is InChI=1S/C6H6N4O3/c1-2-7-4-3(10(2)13)5(11)9-6(12)8-4/h1H3,(H3,7,8,9,11,12). The van der Waals surface area contributed by atoms with Crippen LogP contribution < -0.4 is 4.73 Å². The maximum absolute atomic E-state index is 11.2. The van der Waals surface area contributed by atoms with Crippen LogP contribution in [0.4, 0.5) is 0 Å². The number of rotatable bonds is 0. The highest BCUT2D eigenvalue weighted by molar-refractivity contribution is 5.72. The van der Waals surface area contributed by atoms with E-state index in [0.717, 1.165) is 0 Å². The number of imidazole rings is 1. The molecule has 0 aliphatic carbocycles. The van der Waals surface area contributed by atoms with Crippen LogP contribution in [0.1, 0.15) is 5.82 Å². The number of hydrogen-bond donors (Lipinski definition) is 3. The largest absolute Gasteiger partial charge is 0.710 e. The molecule has 2 aromatic heterocycles. The summed E-state index contributed by atoms with van der Waals surface area (Å²) in [5.74, 6) is -0.271. The first-order valence-corrected chi connectivity index (χ1v) is 3.47. The molecule has 0 aliphatic rings. The molecule has 7 heteroatoms. The average molecular weight is 182 g/mol. The third-order valence-corrected chi connectivity index (χ3v) is 1.66. The molecule has 2 rings (SSSR count). The van der Waals surface area contributed by atoms with E-state index in [2.05, 4.69) is 15.0 Å². The fraction of sp³-hybridized carbons (Fsp3) is 0.167. The molecule has 0 aromatic carbocycles. The SMILES string of the molecule is Cc1[nH]c2nc(O)nc(O)c2[n+]1[O-]. The predicted molar refractivity (Wildman–Crippen MR) is 40.9 cm³/mol. The molecule has 7 nitrogen and oxygen atoms in total. The zero-order chi connectivity index (χ0) is 9.59. The van der Waals surface area contributed by atoms with E-state index in [4.69, 9.17) is 5.11 Å². The lowest BCUT2D eigenvalue weighted by Gasteiger charge is -1.98. The van der Waals surface area contributed by atoms with Gasteiger partial charge in [-0.05, 0) is 0 Å². The second-order valence-corrected chi connectivity index (χ2v) is 2.55. The van der Waals surface area contributed by atoms with Crippen molar-refractivity contribution in [1.29, 1.82) is 0 Å². The molecule has 2 heterocycles. The van der Waals surface area contributed by atoms with Crippen LogP contribution in [0.2, 0.25) is 0 Å². The minimum Gasteiger partial charge on any atom is -0.710 e. The topological polar surface area (TPSA) is 109 Å². The van der Waals surface area contributed by atoms with Gasteiger partial charge < -0.3 is 15.4 Å². The Labute approximate surface area is 71.9 Å². The summed E-state index contributed by atoms with van der Waals surface area (Å²) in [5.41, 5.74) is 0.0350. The normalized spacial score (nSPS) is 10.8. The van der Waals surface area contributed by atoms with Gasteiger partial charge in [-0.25, -0.2) is 9.71 Å². The summed E-state index contributed by atoms with van der Waals surface area (Å²) in [6.45, 7) is 1.52. The van der Waals surface area contributed by atoms with Crippen molar-refractivity contribution in [2.24, 2.45) is 0 Å². The van der Waals surface area contributed by atoms with Gasteiger partial charge in [0.25, 0.3) is 22.9 Å². The van der Waals surface area contributed by atoms with Crippen LogP contribution in [0.15, 0.2) is 0 Å². The summed E-state index contributed by atoms with van der Waals surface area (Å²) >= 11 is 0. The fourth-order valence-corrected chi connectivity index (χ4v) is 1.10. The van der Waals surface area contributed by atoms with E-state index >= 15 is 0 Å². The average Bonchev–Trinajstić information content (AvgIpc) is 2.27. The fourth-order valence-electron chi connectivity index (χ4n) is 1.10. The summed E-state index contributed by atoms with van der Waals surface area (Å²) in [7, 11) is 0. The lowest BCUT2D eigenvalue weighted by Crippen LogP contribution is -2.27. The van der Waals surface area contributed by atoms with Crippen molar-refractivity contribution in [1.82, 2.24) is 15.0 Å². The van der Waals surface area contributed by atoms with Crippen LogP contribution >= 0.6 is 0 Å².